The van der Waals surface area contributed by atoms with E-state index in [0.29, 0.717) is 0 Å². The van der Waals surface area contributed by atoms with Gasteiger partial charge < -0.3 is 11.1 Å². The van der Waals surface area contributed by atoms with Crippen molar-refractivity contribution in [3.8, 4) is 0 Å². The van der Waals surface area contributed by atoms with Crippen molar-refractivity contribution in [3.05, 3.63) is 0 Å². The molecule has 0 aliphatic heterocycles. The quantitative estimate of drug-likeness (QED) is 0.702. The van der Waals surface area contributed by atoms with Crippen LogP contribution in [0.15, 0.2) is 0 Å². The van der Waals surface area contributed by atoms with Crippen molar-refractivity contribution < 1.29 is 4.79 Å². The predicted octanol–water partition coefficient (Wildman–Crippen LogP) is 0.981. The van der Waals surface area contributed by atoms with E-state index < -0.39 is 5.54 Å². The Morgan fingerprint density at radius 1 is 1.62 bits per heavy atom. The third-order valence-corrected chi connectivity index (χ3v) is 2.52. The highest BCUT2D eigenvalue weighted by molar-refractivity contribution is 7.98. The van der Waals surface area contributed by atoms with E-state index in [0.717, 1.165) is 12.2 Å². The molecule has 13 heavy (non-hydrogen) atoms. The van der Waals surface area contributed by atoms with Crippen molar-refractivity contribution in [1.29, 1.82) is 0 Å². The van der Waals surface area contributed by atoms with E-state index in [1.807, 2.05) is 6.26 Å². The van der Waals surface area contributed by atoms with Gasteiger partial charge in [0.25, 0.3) is 0 Å². The summed E-state index contributed by atoms with van der Waals surface area (Å²) < 4.78 is 0. The molecule has 0 aliphatic carbocycles. The lowest BCUT2D eigenvalue weighted by Gasteiger charge is -2.22. The first-order valence-electron chi connectivity index (χ1n) is 4.50. The smallest absolute Gasteiger partial charge is 0.239 e. The molecule has 0 radical (unpaired) electrons. The summed E-state index contributed by atoms with van der Waals surface area (Å²) in [5.74, 6) is 0.867. The Morgan fingerprint density at radius 2 is 2.15 bits per heavy atom. The summed E-state index contributed by atoms with van der Waals surface area (Å²) in [7, 11) is 0. The van der Waals surface area contributed by atoms with Gasteiger partial charge in [-0.1, -0.05) is 6.92 Å². The van der Waals surface area contributed by atoms with Gasteiger partial charge in [-0.05, 0) is 26.5 Å². The number of hydrogen-bond acceptors (Lipinski definition) is 3. The van der Waals surface area contributed by atoms with Crippen LogP contribution < -0.4 is 11.1 Å². The summed E-state index contributed by atoms with van der Waals surface area (Å²) in [4.78, 5) is 11.5. The Labute approximate surface area is 84.8 Å². The summed E-state index contributed by atoms with van der Waals surface area (Å²) in [5, 5.41) is 2.92. The van der Waals surface area contributed by atoms with Crippen LogP contribution in [0.25, 0.3) is 0 Å². The number of nitrogens with two attached hydrogens (primary N) is 1. The van der Waals surface area contributed by atoms with Crippen LogP contribution in [-0.2, 0) is 4.79 Å². The minimum absolute atomic E-state index is 0.0756. The minimum Gasteiger partial charge on any atom is -0.351 e. The molecule has 0 bridgehead atoms. The topological polar surface area (TPSA) is 55.1 Å². The summed E-state index contributed by atoms with van der Waals surface area (Å²) in [6.07, 6.45) is 2.98. The zero-order valence-corrected chi connectivity index (χ0v) is 9.70. The van der Waals surface area contributed by atoms with Crippen LogP contribution >= 0.6 is 11.8 Å². The van der Waals surface area contributed by atoms with Gasteiger partial charge in [0.15, 0.2) is 0 Å². The normalized spacial score (nSPS) is 13.9. The van der Waals surface area contributed by atoms with Crippen LogP contribution in [0.4, 0.5) is 0 Å². The summed E-state index contributed by atoms with van der Waals surface area (Å²) in [5.41, 5.74) is 4.89. The molecule has 0 saturated carbocycles. The number of amides is 1. The Kier molecular flexibility index (Phi) is 5.40. The molecule has 0 spiro atoms. The Hall–Kier alpha value is -0.220. The number of thioether (sulfide) groups is 1. The molecule has 1 atom stereocenters. The predicted molar refractivity (Wildman–Crippen MR) is 58.9 cm³/mol. The molecule has 0 rings (SSSR count). The van der Waals surface area contributed by atoms with Crippen LogP contribution in [0.3, 0.4) is 0 Å². The molecular weight excluding hydrogens is 184 g/mol. The van der Waals surface area contributed by atoms with Gasteiger partial charge in [-0.25, -0.2) is 0 Å². The van der Waals surface area contributed by atoms with E-state index in [1.54, 1.807) is 25.6 Å². The fourth-order valence-corrected chi connectivity index (χ4v) is 1.56. The average molecular weight is 204 g/mol. The van der Waals surface area contributed by atoms with E-state index in [1.165, 1.54) is 0 Å². The highest BCUT2D eigenvalue weighted by atomic mass is 32.2. The molecule has 0 aromatic heterocycles. The number of nitrogens with one attached hydrogen (secondary N) is 1. The van der Waals surface area contributed by atoms with E-state index in [4.69, 9.17) is 5.73 Å². The molecule has 0 heterocycles. The van der Waals surface area contributed by atoms with Crippen molar-refractivity contribution in [3.63, 3.8) is 0 Å². The molecule has 1 amide bonds. The van der Waals surface area contributed by atoms with E-state index in [9.17, 15) is 4.79 Å². The first kappa shape index (κ1) is 12.8. The fraction of sp³-hybridized carbons (Fsp3) is 0.889. The van der Waals surface area contributed by atoms with Gasteiger partial charge in [0.1, 0.15) is 0 Å². The standard InChI is InChI=1S/C9H20N2OS/c1-5-7(6-13-4)11-8(12)9(2,3)10/h7H,5-6,10H2,1-4H3,(H,11,12). The first-order valence-corrected chi connectivity index (χ1v) is 5.90. The van der Waals surface area contributed by atoms with E-state index in [-0.39, 0.29) is 11.9 Å². The molecule has 4 heteroatoms. The lowest BCUT2D eigenvalue weighted by atomic mass is 10.1. The summed E-state index contributed by atoms with van der Waals surface area (Å²) >= 11 is 1.73. The van der Waals surface area contributed by atoms with Crippen molar-refractivity contribution in [1.82, 2.24) is 5.32 Å². The van der Waals surface area contributed by atoms with Crippen molar-refractivity contribution in [2.75, 3.05) is 12.0 Å². The van der Waals surface area contributed by atoms with Crippen LogP contribution in [0, 0.1) is 0 Å². The summed E-state index contributed by atoms with van der Waals surface area (Å²) in [6.45, 7) is 5.49. The minimum atomic E-state index is -0.772. The fourth-order valence-electron chi connectivity index (χ4n) is 0.834. The van der Waals surface area contributed by atoms with Crippen LogP contribution in [0.2, 0.25) is 0 Å². The molecule has 0 aromatic rings. The average Bonchev–Trinajstić information content (AvgIpc) is 2.01. The van der Waals surface area contributed by atoms with E-state index >= 15 is 0 Å². The van der Waals surface area contributed by atoms with Crippen molar-refractivity contribution in [2.24, 2.45) is 5.73 Å². The molecule has 0 saturated heterocycles. The molecule has 3 N–H and O–H groups in total. The Balaban J connectivity index is 4.01. The molecule has 0 aliphatic rings. The van der Waals surface area contributed by atoms with Gasteiger partial charge >= 0.3 is 0 Å². The number of hydrogen-bond donors (Lipinski definition) is 2. The number of carbonyl (C=O) groups excluding carboxylic acids is 1. The highest BCUT2D eigenvalue weighted by Crippen LogP contribution is 2.03. The third kappa shape index (κ3) is 5.16. The second-order valence-electron chi connectivity index (χ2n) is 3.76. The molecule has 0 aromatic carbocycles. The highest BCUT2D eigenvalue weighted by Gasteiger charge is 2.23. The second-order valence-corrected chi connectivity index (χ2v) is 4.67. The Bertz CT molecular complexity index is 165. The maximum Gasteiger partial charge on any atom is 0.239 e. The van der Waals surface area contributed by atoms with Gasteiger partial charge in [-0.3, -0.25) is 4.79 Å². The largest absolute Gasteiger partial charge is 0.351 e. The zero-order chi connectivity index (χ0) is 10.5. The lowest BCUT2D eigenvalue weighted by Crippen LogP contribution is -2.52. The Morgan fingerprint density at radius 3 is 2.46 bits per heavy atom. The van der Waals surface area contributed by atoms with E-state index in [2.05, 4.69) is 12.2 Å². The van der Waals surface area contributed by atoms with Gasteiger partial charge in [-0.2, -0.15) is 11.8 Å². The molecule has 0 fully saturated rings. The summed E-state index contributed by atoms with van der Waals surface area (Å²) in [6, 6.07) is 0.241. The second kappa shape index (κ2) is 5.50. The van der Waals surface area contributed by atoms with Gasteiger partial charge in [-0.15, -0.1) is 0 Å². The molecule has 78 valence electrons. The van der Waals surface area contributed by atoms with Gasteiger partial charge in [0.05, 0.1) is 5.54 Å². The maximum absolute atomic E-state index is 11.5. The maximum atomic E-state index is 11.5. The van der Waals surface area contributed by atoms with Crippen LogP contribution in [0.1, 0.15) is 27.2 Å². The first-order chi connectivity index (χ1) is 5.91. The SMILES string of the molecule is CCC(CSC)NC(=O)C(C)(C)N. The van der Waals surface area contributed by atoms with Gasteiger partial charge in [0.2, 0.25) is 5.91 Å². The zero-order valence-electron chi connectivity index (χ0n) is 8.89. The number of carbonyl (C=O) groups is 1. The molecule has 3 nitrogen and oxygen atoms in total. The van der Waals surface area contributed by atoms with Crippen LogP contribution in [0.5, 0.6) is 0 Å². The van der Waals surface area contributed by atoms with Crippen molar-refractivity contribution >= 4 is 17.7 Å². The molecular formula is C9H20N2OS. The monoisotopic (exact) mass is 204 g/mol. The van der Waals surface area contributed by atoms with Gasteiger partial charge in [0, 0.05) is 11.8 Å². The molecule has 1 unspecified atom stereocenters. The lowest BCUT2D eigenvalue weighted by molar-refractivity contribution is -0.125. The third-order valence-electron chi connectivity index (χ3n) is 1.78. The van der Waals surface area contributed by atoms with Crippen LogP contribution in [-0.4, -0.2) is 29.5 Å². The van der Waals surface area contributed by atoms with Crippen molar-refractivity contribution in [2.45, 2.75) is 38.8 Å². The number of rotatable bonds is 5.